The smallest absolute Gasteiger partial charge is 0.254 e. The zero-order valence-electron chi connectivity index (χ0n) is 17.0. The summed E-state index contributed by atoms with van der Waals surface area (Å²) in [5, 5.41) is 3.42. The number of halogens is 1. The van der Waals surface area contributed by atoms with Crippen molar-refractivity contribution in [2.24, 2.45) is 0 Å². The van der Waals surface area contributed by atoms with Crippen molar-refractivity contribution in [1.29, 1.82) is 0 Å². The third kappa shape index (κ3) is 4.16. The summed E-state index contributed by atoms with van der Waals surface area (Å²) in [6.07, 6.45) is 1.82. The van der Waals surface area contributed by atoms with Gasteiger partial charge in [-0.15, -0.1) is 12.4 Å². The number of carbonyl (C=O) groups is 2. The Labute approximate surface area is 178 Å². The monoisotopic (exact) mass is 413 g/mol. The second-order valence-corrected chi connectivity index (χ2v) is 7.58. The molecule has 29 heavy (non-hydrogen) atoms. The van der Waals surface area contributed by atoms with Crippen LogP contribution in [0, 0.1) is 0 Å². The van der Waals surface area contributed by atoms with Crippen molar-refractivity contribution >= 4 is 29.9 Å². The van der Waals surface area contributed by atoms with E-state index in [9.17, 15) is 9.59 Å². The normalized spacial score (nSPS) is 18.2. The van der Waals surface area contributed by atoms with Crippen LogP contribution in [0.4, 0.5) is 5.69 Å². The van der Waals surface area contributed by atoms with Crippen LogP contribution in [-0.2, 0) is 17.6 Å². The molecule has 0 aliphatic carbocycles. The van der Waals surface area contributed by atoms with Gasteiger partial charge in [0.05, 0.1) is 6.04 Å². The van der Waals surface area contributed by atoms with Crippen LogP contribution in [0.2, 0.25) is 0 Å². The molecule has 1 atom stereocenters. The lowest BCUT2D eigenvalue weighted by Gasteiger charge is -2.37. The summed E-state index contributed by atoms with van der Waals surface area (Å²) in [5.41, 5.74) is 5.21. The molecule has 2 heterocycles. The molecule has 1 fully saturated rings. The van der Waals surface area contributed by atoms with Gasteiger partial charge in [0.15, 0.2) is 0 Å². The summed E-state index contributed by atoms with van der Waals surface area (Å²) >= 11 is 0. The molecule has 2 amide bonds. The zero-order valence-corrected chi connectivity index (χ0v) is 17.8. The Morgan fingerprint density at radius 1 is 1.10 bits per heavy atom. The molecule has 2 aliphatic rings. The van der Waals surface area contributed by atoms with Crippen LogP contribution >= 0.6 is 12.4 Å². The number of hydrogen-bond acceptors (Lipinski definition) is 3. The Hall–Kier alpha value is -2.37. The molecule has 0 radical (unpaired) electrons. The fraction of sp³-hybridized carbons (Fsp3) is 0.391. The molecule has 0 saturated carbocycles. The van der Waals surface area contributed by atoms with Gasteiger partial charge in [0, 0.05) is 44.4 Å². The lowest BCUT2D eigenvalue weighted by atomic mass is 9.99. The molecule has 0 aromatic heterocycles. The minimum absolute atomic E-state index is 0. The van der Waals surface area contributed by atoms with Crippen molar-refractivity contribution in [2.75, 3.05) is 31.1 Å². The molecule has 6 heteroatoms. The maximum absolute atomic E-state index is 13.3. The average Bonchev–Trinajstić information content (AvgIpc) is 3.17. The van der Waals surface area contributed by atoms with Crippen molar-refractivity contribution in [3.05, 3.63) is 64.7 Å². The summed E-state index contributed by atoms with van der Waals surface area (Å²) in [4.78, 5) is 28.9. The molecule has 2 aromatic carbocycles. The Morgan fingerprint density at radius 3 is 2.55 bits per heavy atom. The number of hydrogen-bond donors (Lipinski definition) is 1. The highest BCUT2D eigenvalue weighted by Gasteiger charge is 2.30. The van der Waals surface area contributed by atoms with Gasteiger partial charge in [-0.3, -0.25) is 9.59 Å². The van der Waals surface area contributed by atoms with E-state index in [0.717, 1.165) is 37.2 Å². The second-order valence-electron chi connectivity index (χ2n) is 7.58. The first-order valence-corrected chi connectivity index (χ1v) is 10.1. The molecule has 0 bridgehead atoms. The number of aryl methyl sites for hydroxylation is 1. The largest absolute Gasteiger partial charge is 0.329 e. The molecular formula is C23H28ClN3O2. The SMILES string of the molecule is CCc1ccc(C2CNCCN2C(=O)c2ccc3c(c2)CCN3C(C)=O)cc1.Cl. The molecule has 1 unspecified atom stereocenters. The molecule has 2 aromatic rings. The lowest BCUT2D eigenvalue weighted by Crippen LogP contribution is -2.48. The van der Waals surface area contributed by atoms with E-state index in [4.69, 9.17) is 0 Å². The highest BCUT2D eigenvalue weighted by molar-refractivity contribution is 5.98. The molecule has 154 valence electrons. The highest BCUT2D eigenvalue weighted by Crippen LogP contribution is 2.31. The van der Waals surface area contributed by atoms with Crippen LogP contribution < -0.4 is 10.2 Å². The van der Waals surface area contributed by atoms with Crippen LogP contribution in [0.15, 0.2) is 42.5 Å². The van der Waals surface area contributed by atoms with Gasteiger partial charge < -0.3 is 15.1 Å². The fourth-order valence-corrected chi connectivity index (χ4v) is 4.25. The summed E-state index contributed by atoms with van der Waals surface area (Å²) in [5.74, 6) is 0.116. The van der Waals surface area contributed by atoms with Crippen molar-refractivity contribution in [3.8, 4) is 0 Å². The minimum atomic E-state index is 0. The maximum atomic E-state index is 13.3. The summed E-state index contributed by atoms with van der Waals surface area (Å²) in [6.45, 7) is 6.69. The van der Waals surface area contributed by atoms with Gasteiger partial charge in [-0.2, -0.15) is 0 Å². The number of piperazine rings is 1. The minimum Gasteiger partial charge on any atom is -0.329 e. The van der Waals surface area contributed by atoms with E-state index in [2.05, 4.69) is 36.5 Å². The quantitative estimate of drug-likeness (QED) is 0.839. The highest BCUT2D eigenvalue weighted by atomic mass is 35.5. The van der Waals surface area contributed by atoms with E-state index in [0.29, 0.717) is 18.7 Å². The second kappa shape index (κ2) is 8.97. The standard InChI is InChI=1S/C23H27N3O2.ClH/c1-3-17-4-6-18(7-5-17)22-15-24-11-13-26(22)23(28)20-8-9-21-19(14-20)10-12-25(21)16(2)27;/h4-9,14,22,24H,3,10-13,15H2,1-2H3;1H. The van der Waals surface area contributed by atoms with E-state index in [1.807, 2.05) is 23.1 Å². The van der Waals surface area contributed by atoms with Gasteiger partial charge in [-0.1, -0.05) is 31.2 Å². The predicted octanol–water partition coefficient (Wildman–Crippen LogP) is 3.37. The van der Waals surface area contributed by atoms with E-state index < -0.39 is 0 Å². The summed E-state index contributed by atoms with van der Waals surface area (Å²) < 4.78 is 0. The fourth-order valence-electron chi connectivity index (χ4n) is 4.25. The first kappa shape index (κ1) is 21.3. The van der Waals surface area contributed by atoms with Gasteiger partial charge in [0.1, 0.15) is 0 Å². The van der Waals surface area contributed by atoms with E-state index in [-0.39, 0.29) is 30.3 Å². The van der Waals surface area contributed by atoms with Gasteiger partial charge in [-0.05, 0) is 47.7 Å². The van der Waals surface area contributed by atoms with Crippen LogP contribution in [0.1, 0.15) is 46.9 Å². The maximum Gasteiger partial charge on any atom is 0.254 e. The Kier molecular flexibility index (Phi) is 6.60. The van der Waals surface area contributed by atoms with Gasteiger partial charge >= 0.3 is 0 Å². The molecule has 4 rings (SSSR count). The van der Waals surface area contributed by atoms with E-state index in [1.54, 1.807) is 11.8 Å². The third-order valence-electron chi connectivity index (χ3n) is 5.88. The van der Waals surface area contributed by atoms with Crippen LogP contribution in [-0.4, -0.2) is 42.9 Å². The molecule has 2 aliphatic heterocycles. The molecule has 1 saturated heterocycles. The molecule has 0 spiro atoms. The van der Waals surface area contributed by atoms with Gasteiger partial charge in [-0.25, -0.2) is 0 Å². The van der Waals surface area contributed by atoms with Gasteiger partial charge in [0.2, 0.25) is 5.91 Å². The summed E-state index contributed by atoms with van der Waals surface area (Å²) in [7, 11) is 0. The van der Waals surface area contributed by atoms with Crippen molar-refractivity contribution in [1.82, 2.24) is 10.2 Å². The first-order chi connectivity index (χ1) is 13.6. The topological polar surface area (TPSA) is 52.7 Å². The third-order valence-corrected chi connectivity index (χ3v) is 5.88. The van der Waals surface area contributed by atoms with Crippen molar-refractivity contribution < 1.29 is 9.59 Å². The molecular weight excluding hydrogens is 386 g/mol. The van der Waals surface area contributed by atoms with Gasteiger partial charge in [0.25, 0.3) is 5.91 Å². The van der Waals surface area contributed by atoms with Crippen LogP contribution in [0.25, 0.3) is 0 Å². The van der Waals surface area contributed by atoms with E-state index >= 15 is 0 Å². The van der Waals surface area contributed by atoms with Crippen LogP contribution in [0.5, 0.6) is 0 Å². The Bertz CT molecular complexity index is 897. The van der Waals surface area contributed by atoms with E-state index in [1.165, 1.54) is 11.1 Å². The Balaban J connectivity index is 0.00000240. The van der Waals surface area contributed by atoms with Crippen LogP contribution in [0.3, 0.4) is 0 Å². The molecule has 1 N–H and O–H groups in total. The number of fused-ring (bicyclic) bond motifs is 1. The zero-order chi connectivity index (χ0) is 19.7. The number of benzene rings is 2. The number of rotatable bonds is 3. The lowest BCUT2D eigenvalue weighted by molar-refractivity contribution is -0.116. The summed E-state index contributed by atoms with van der Waals surface area (Å²) in [6, 6.07) is 14.4. The van der Waals surface area contributed by atoms with Crippen molar-refractivity contribution in [2.45, 2.75) is 32.7 Å². The number of anilines is 1. The number of nitrogens with one attached hydrogen (secondary N) is 1. The molecule has 5 nitrogen and oxygen atoms in total. The average molecular weight is 414 g/mol. The number of nitrogens with zero attached hydrogens (tertiary/aromatic N) is 2. The number of amides is 2. The first-order valence-electron chi connectivity index (χ1n) is 10.1. The Morgan fingerprint density at radius 2 is 1.86 bits per heavy atom. The number of carbonyl (C=O) groups excluding carboxylic acids is 2. The predicted molar refractivity (Wildman–Crippen MR) is 118 cm³/mol. The van der Waals surface area contributed by atoms with Crippen molar-refractivity contribution in [3.63, 3.8) is 0 Å².